The van der Waals surface area contributed by atoms with Crippen molar-refractivity contribution in [2.45, 2.75) is 65.5 Å². The van der Waals surface area contributed by atoms with E-state index in [-0.39, 0.29) is 13.6 Å². The summed E-state index contributed by atoms with van der Waals surface area (Å²) in [5.41, 5.74) is 3.41. The molecule has 0 saturated carbocycles. The van der Waals surface area contributed by atoms with Crippen molar-refractivity contribution in [2.24, 2.45) is 10.2 Å². The molecule has 2 aromatic carbocycles. The monoisotopic (exact) mass is 700 g/mol. The van der Waals surface area contributed by atoms with Gasteiger partial charge in [-0.2, -0.15) is 10.2 Å². The molecule has 0 aromatic heterocycles. The number of nitrogens with one attached hydrogen (secondary N) is 2. The quantitative estimate of drug-likeness (QED) is 0.150. The fourth-order valence-electron chi connectivity index (χ4n) is 5.06. The standard InChI is InChI=1S/C34H48N6O6S2/c1-9-21(3)37-33(47)39(5)13-11-23-15-27-31(45-19-43-27)29(41-7)25(23)17-35-36-18-26-24(12-14-40(6)34(48)38-22(4)10-2)16-28-32(30(26)42-8)46-20-44-28/h15-18,21-22H,9-14,19-20H2,1-8H3,(H,37,47)(H,38,48). The Hall–Kier alpha value is -4.04. The third-order valence-corrected chi connectivity index (χ3v) is 9.29. The molecule has 4 rings (SSSR count). The van der Waals surface area contributed by atoms with Crippen LogP contribution in [-0.4, -0.2) is 99.5 Å². The predicted octanol–water partition coefficient (Wildman–Crippen LogP) is 4.91. The summed E-state index contributed by atoms with van der Waals surface area (Å²) in [7, 11) is 7.15. The second-order valence-corrected chi connectivity index (χ2v) is 12.6. The van der Waals surface area contributed by atoms with E-state index in [1.807, 2.05) is 36.0 Å². The summed E-state index contributed by atoms with van der Waals surface area (Å²) in [6, 6.07) is 4.51. The van der Waals surface area contributed by atoms with Crippen molar-refractivity contribution in [2.75, 3.05) is 55.0 Å². The lowest BCUT2D eigenvalue weighted by molar-refractivity contribution is 0.171. The maximum Gasteiger partial charge on any atom is 0.231 e. The summed E-state index contributed by atoms with van der Waals surface area (Å²) in [6.45, 7) is 10.0. The Balaban J connectivity index is 1.60. The van der Waals surface area contributed by atoms with E-state index in [0.29, 0.717) is 82.7 Å². The predicted molar refractivity (Wildman–Crippen MR) is 197 cm³/mol. The Labute approximate surface area is 294 Å². The first-order valence-electron chi connectivity index (χ1n) is 16.2. The molecule has 48 heavy (non-hydrogen) atoms. The highest BCUT2D eigenvalue weighted by atomic mass is 32.1. The van der Waals surface area contributed by atoms with Crippen LogP contribution in [-0.2, 0) is 12.8 Å². The van der Waals surface area contributed by atoms with Gasteiger partial charge < -0.3 is 48.9 Å². The normalized spacial score (nSPS) is 14.2. The Morgan fingerprint density at radius 2 is 1.17 bits per heavy atom. The number of benzene rings is 2. The van der Waals surface area contributed by atoms with Crippen LogP contribution in [0.25, 0.3) is 0 Å². The molecule has 2 heterocycles. The lowest BCUT2D eigenvalue weighted by Crippen LogP contribution is -2.42. The average Bonchev–Trinajstić information content (AvgIpc) is 3.76. The van der Waals surface area contributed by atoms with Gasteiger partial charge in [0.25, 0.3) is 0 Å². The fourth-order valence-corrected chi connectivity index (χ4v) is 5.65. The van der Waals surface area contributed by atoms with E-state index >= 15 is 0 Å². The zero-order chi connectivity index (χ0) is 34.8. The van der Waals surface area contributed by atoms with E-state index in [1.165, 1.54) is 0 Å². The topological polar surface area (TPSA) is 111 Å². The summed E-state index contributed by atoms with van der Waals surface area (Å²) in [6.07, 6.45) is 6.61. The number of nitrogens with zero attached hydrogens (tertiary/aromatic N) is 4. The van der Waals surface area contributed by atoms with E-state index < -0.39 is 0 Å². The van der Waals surface area contributed by atoms with Crippen LogP contribution in [0.3, 0.4) is 0 Å². The summed E-state index contributed by atoms with van der Waals surface area (Å²) >= 11 is 11.2. The first-order valence-corrected chi connectivity index (χ1v) is 17.0. The number of rotatable bonds is 15. The van der Waals surface area contributed by atoms with Crippen molar-refractivity contribution < 1.29 is 28.4 Å². The van der Waals surface area contributed by atoms with Gasteiger partial charge in [0, 0.05) is 50.4 Å². The minimum Gasteiger partial charge on any atom is -0.492 e. The van der Waals surface area contributed by atoms with Crippen LogP contribution < -0.4 is 39.1 Å². The SMILES string of the molecule is CCC(C)NC(=S)N(C)CCc1cc2c(c(OC)c1C=NN=Cc1c(CCN(C)C(=S)NC(C)CC)cc3c(c1OC)OCO3)OCO2. The number of ether oxygens (including phenoxy) is 6. The first kappa shape index (κ1) is 36.8. The molecular formula is C34H48N6O6S2. The minimum atomic E-state index is 0.118. The van der Waals surface area contributed by atoms with Crippen LogP contribution in [0.4, 0.5) is 0 Å². The van der Waals surface area contributed by atoms with Crippen LogP contribution in [0.2, 0.25) is 0 Å². The van der Waals surface area contributed by atoms with Gasteiger partial charge in [-0.05, 0) is 87.2 Å². The van der Waals surface area contributed by atoms with Gasteiger partial charge in [0.15, 0.2) is 33.2 Å². The van der Waals surface area contributed by atoms with Crippen molar-refractivity contribution in [1.29, 1.82) is 0 Å². The smallest absolute Gasteiger partial charge is 0.231 e. The molecule has 2 aliphatic heterocycles. The number of likely N-dealkylation sites (N-methyl/N-ethyl adjacent to an activating group) is 2. The molecule has 0 spiro atoms. The Kier molecular flexibility index (Phi) is 13.3. The lowest BCUT2D eigenvalue weighted by atomic mass is 10.0. The molecule has 2 unspecified atom stereocenters. The van der Waals surface area contributed by atoms with E-state index in [1.54, 1.807) is 26.6 Å². The third-order valence-electron chi connectivity index (χ3n) is 8.43. The summed E-state index contributed by atoms with van der Waals surface area (Å²) in [4.78, 5) is 4.05. The highest BCUT2D eigenvalue weighted by Gasteiger charge is 2.26. The van der Waals surface area contributed by atoms with Gasteiger partial charge in [-0.25, -0.2) is 0 Å². The molecule has 2 atom stereocenters. The van der Waals surface area contributed by atoms with Crippen LogP contribution in [0.5, 0.6) is 34.5 Å². The van der Waals surface area contributed by atoms with E-state index in [9.17, 15) is 0 Å². The fraction of sp³-hybridized carbons (Fsp3) is 0.529. The Morgan fingerprint density at radius 1 is 0.771 bits per heavy atom. The van der Waals surface area contributed by atoms with Crippen molar-refractivity contribution in [3.05, 3.63) is 34.4 Å². The Bertz CT molecular complexity index is 1410. The van der Waals surface area contributed by atoms with Gasteiger partial charge in [-0.15, -0.1) is 0 Å². The molecule has 2 aliphatic rings. The van der Waals surface area contributed by atoms with Crippen LogP contribution >= 0.6 is 24.4 Å². The zero-order valence-corrected chi connectivity index (χ0v) is 30.8. The molecule has 262 valence electrons. The van der Waals surface area contributed by atoms with E-state index in [0.717, 1.165) is 35.1 Å². The second kappa shape index (κ2) is 17.4. The highest BCUT2D eigenvalue weighted by molar-refractivity contribution is 7.80. The van der Waals surface area contributed by atoms with Gasteiger partial charge in [0.05, 0.1) is 26.6 Å². The highest BCUT2D eigenvalue weighted by Crippen LogP contribution is 2.46. The average molecular weight is 701 g/mol. The number of hydrogen-bond donors (Lipinski definition) is 2. The van der Waals surface area contributed by atoms with Crippen molar-refractivity contribution >= 4 is 47.1 Å². The van der Waals surface area contributed by atoms with Gasteiger partial charge >= 0.3 is 0 Å². The molecule has 0 aliphatic carbocycles. The van der Waals surface area contributed by atoms with E-state index in [2.05, 4.69) is 48.5 Å². The van der Waals surface area contributed by atoms with Gasteiger partial charge in [0.1, 0.15) is 0 Å². The molecule has 0 radical (unpaired) electrons. The molecular weight excluding hydrogens is 653 g/mol. The molecule has 2 aromatic rings. The summed E-state index contributed by atoms with van der Waals surface area (Å²) < 4.78 is 34.5. The molecule has 14 heteroatoms. The van der Waals surface area contributed by atoms with Gasteiger partial charge in [0.2, 0.25) is 25.1 Å². The molecule has 0 bridgehead atoms. The summed E-state index contributed by atoms with van der Waals surface area (Å²) in [5, 5.41) is 17.1. The van der Waals surface area contributed by atoms with Gasteiger partial charge in [-0.3, -0.25) is 0 Å². The van der Waals surface area contributed by atoms with Crippen molar-refractivity contribution in [1.82, 2.24) is 20.4 Å². The Morgan fingerprint density at radius 3 is 1.52 bits per heavy atom. The van der Waals surface area contributed by atoms with Crippen LogP contribution in [0.1, 0.15) is 62.8 Å². The first-order chi connectivity index (χ1) is 23.1. The van der Waals surface area contributed by atoms with Crippen molar-refractivity contribution in [3.8, 4) is 34.5 Å². The molecule has 0 saturated heterocycles. The number of thiocarbonyl (C=S) groups is 2. The maximum atomic E-state index is 5.81. The molecule has 0 amide bonds. The number of methoxy groups -OCH3 is 2. The number of hydrogen-bond acceptors (Lipinski definition) is 10. The maximum absolute atomic E-state index is 5.81. The summed E-state index contributed by atoms with van der Waals surface area (Å²) in [5.74, 6) is 3.41. The molecule has 2 N–H and O–H groups in total. The van der Waals surface area contributed by atoms with E-state index in [4.69, 9.17) is 52.9 Å². The number of fused-ring (bicyclic) bond motifs is 2. The molecule has 0 fully saturated rings. The van der Waals surface area contributed by atoms with Crippen LogP contribution in [0, 0.1) is 0 Å². The second-order valence-electron chi connectivity index (χ2n) is 11.8. The lowest BCUT2D eigenvalue weighted by Gasteiger charge is -2.24. The van der Waals surface area contributed by atoms with Gasteiger partial charge in [-0.1, -0.05) is 13.8 Å². The minimum absolute atomic E-state index is 0.118. The van der Waals surface area contributed by atoms with Crippen LogP contribution in [0.15, 0.2) is 22.3 Å². The largest absolute Gasteiger partial charge is 0.492 e. The zero-order valence-electron chi connectivity index (χ0n) is 29.2. The third kappa shape index (κ3) is 8.90. The van der Waals surface area contributed by atoms with Crippen molar-refractivity contribution in [3.63, 3.8) is 0 Å². The molecule has 12 nitrogen and oxygen atoms in total.